The first-order valence-electron chi connectivity index (χ1n) is 2.18. The normalized spacial score (nSPS) is 11.3. The number of nitrogens with zero attached hydrogens (tertiary/aromatic N) is 1. The topological polar surface area (TPSA) is 23.8 Å². The summed E-state index contributed by atoms with van der Waals surface area (Å²) in [5.74, 6) is -0.517. The Kier molecular flexibility index (Phi) is 4.56. The quantitative estimate of drug-likeness (QED) is 0.254. The Morgan fingerprint density at radius 1 is 1.67 bits per heavy atom. The maximum atomic E-state index is 12.0. The predicted octanol–water partition coefficient (Wildman–Crippen LogP) is 1.92. The first kappa shape index (κ1) is 7.99. The van der Waals surface area contributed by atoms with E-state index in [1.165, 1.54) is 12.2 Å². The van der Waals surface area contributed by atoms with E-state index in [0.717, 1.165) is 11.4 Å². The summed E-state index contributed by atoms with van der Waals surface area (Å²) in [6.45, 7) is 0. The van der Waals surface area contributed by atoms with Crippen LogP contribution >= 0.6 is 12.2 Å². The fraction of sp³-hybridized carbons (Fsp3) is 0. The van der Waals surface area contributed by atoms with Gasteiger partial charge in [-0.25, -0.2) is 4.39 Å². The van der Waals surface area contributed by atoms with Gasteiger partial charge in [-0.1, -0.05) is 12.2 Å². The van der Waals surface area contributed by atoms with Crippen LogP contribution in [0.4, 0.5) is 4.39 Å². The minimum absolute atomic E-state index is 0.517. The molecule has 0 bridgehead atoms. The van der Waals surface area contributed by atoms with Crippen molar-refractivity contribution < 1.29 is 4.39 Å². The van der Waals surface area contributed by atoms with Crippen molar-refractivity contribution in [1.29, 1.82) is 5.26 Å². The first-order valence-corrected chi connectivity index (χ1v) is 2.65. The molecule has 0 rings (SSSR count). The van der Waals surface area contributed by atoms with Gasteiger partial charge in [0.1, 0.15) is 5.83 Å². The van der Waals surface area contributed by atoms with Crippen LogP contribution in [0.5, 0.6) is 0 Å². The molecule has 0 aliphatic carbocycles. The summed E-state index contributed by atoms with van der Waals surface area (Å²) in [4.78, 5) is 0. The second-order valence-corrected chi connectivity index (χ2v) is 1.39. The Labute approximate surface area is 58.1 Å². The van der Waals surface area contributed by atoms with E-state index in [0.29, 0.717) is 0 Å². The highest BCUT2D eigenvalue weighted by Gasteiger charge is 1.78. The number of hydrogen-bond acceptors (Lipinski definition) is 2. The van der Waals surface area contributed by atoms with Crippen molar-refractivity contribution >= 4 is 17.6 Å². The van der Waals surface area contributed by atoms with Gasteiger partial charge in [0.25, 0.3) is 0 Å². The lowest BCUT2D eigenvalue weighted by atomic mass is 10.4. The fourth-order valence-electron chi connectivity index (χ4n) is 0.222. The minimum atomic E-state index is -0.517. The van der Waals surface area contributed by atoms with Gasteiger partial charge in [-0.2, -0.15) is 5.26 Å². The van der Waals surface area contributed by atoms with Crippen LogP contribution in [0.1, 0.15) is 0 Å². The fourth-order valence-corrected chi connectivity index (χ4v) is 0.301. The Balaban J connectivity index is 3.86. The Hall–Kier alpha value is -1.01. The summed E-state index contributed by atoms with van der Waals surface area (Å²) in [5.41, 5.74) is 0. The molecular formula is C6H4FNS. The number of hydrogen-bond donors (Lipinski definition) is 0. The molecule has 0 radical (unpaired) electrons. The smallest absolute Gasteiger partial charge is 0.133 e. The van der Waals surface area contributed by atoms with E-state index in [1.807, 2.05) is 0 Å². The molecule has 0 aliphatic heterocycles. The second kappa shape index (κ2) is 5.13. The van der Waals surface area contributed by atoms with Crippen LogP contribution in [-0.4, -0.2) is 5.37 Å². The molecule has 0 saturated carbocycles. The van der Waals surface area contributed by atoms with Gasteiger partial charge >= 0.3 is 0 Å². The van der Waals surface area contributed by atoms with Gasteiger partial charge in [0, 0.05) is 11.4 Å². The van der Waals surface area contributed by atoms with Crippen LogP contribution in [-0.2, 0) is 0 Å². The summed E-state index contributed by atoms with van der Waals surface area (Å²) in [5, 5.41) is 8.83. The standard InChI is InChI=1S/C6H4FNS/c7-6(5-9)3-1-2-4-8/h1-3,5H/b2-1+,6-3+. The molecule has 0 aromatic heterocycles. The van der Waals surface area contributed by atoms with E-state index < -0.39 is 5.83 Å². The number of nitriles is 1. The largest absolute Gasteiger partial charge is 0.206 e. The molecule has 0 aromatic carbocycles. The molecule has 0 aromatic rings. The summed E-state index contributed by atoms with van der Waals surface area (Å²) < 4.78 is 12.0. The Morgan fingerprint density at radius 3 is 2.78 bits per heavy atom. The molecule has 0 aliphatic rings. The van der Waals surface area contributed by atoms with Gasteiger partial charge < -0.3 is 0 Å². The van der Waals surface area contributed by atoms with E-state index in [4.69, 9.17) is 5.26 Å². The van der Waals surface area contributed by atoms with E-state index >= 15 is 0 Å². The summed E-state index contributed by atoms with van der Waals surface area (Å²) in [6.07, 6.45) is 3.58. The molecule has 0 atom stereocenters. The third-order valence-electron chi connectivity index (χ3n) is 0.539. The van der Waals surface area contributed by atoms with Gasteiger partial charge in [0.2, 0.25) is 0 Å². The molecule has 1 nitrogen and oxygen atoms in total. The van der Waals surface area contributed by atoms with E-state index in [9.17, 15) is 4.39 Å². The Morgan fingerprint density at radius 2 is 2.33 bits per heavy atom. The maximum Gasteiger partial charge on any atom is 0.133 e. The molecule has 0 fully saturated rings. The minimum Gasteiger partial charge on any atom is -0.206 e. The van der Waals surface area contributed by atoms with Gasteiger partial charge in [0.05, 0.1) is 6.07 Å². The number of thiocarbonyl (C=S) groups is 1. The predicted molar refractivity (Wildman–Crippen MR) is 37.6 cm³/mol. The maximum absolute atomic E-state index is 12.0. The van der Waals surface area contributed by atoms with Crippen LogP contribution in [0.2, 0.25) is 0 Å². The SMILES string of the molecule is N#C/C=C/C=C(/F)C=S. The van der Waals surface area contributed by atoms with Gasteiger partial charge in [-0.05, 0) is 12.2 Å². The molecule has 0 unspecified atom stereocenters. The number of halogens is 1. The molecule has 9 heavy (non-hydrogen) atoms. The monoisotopic (exact) mass is 141 g/mol. The highest BCUT2D eigenvalue weighted by atomic mass is 32.1. The summed E-state index contributed by atoms with van der Waals surface area (Å²) in [7, 11) is 0. The van der Waals surface area contributed by atoms with Crippen LogP contribution in [0.3, 0.4) is 0 Å². The summed E-state index contributed by atoms with van der Waals surface area (Å²) >= 11 is 4.24. The van der Waals surface area contributed by atoms with Crippen molar-refractivity contribution in [2.45, 2.75) is 0 Å². The number of allylic oxidation sites excluding steroid dienone is 4. The van der Waals surface area contributed by atoms with Crippen molar-refractivity contribution in [2.24, 2.45) is 0 Å². The van der Waals surface area contributed by atoms with E-state index in [-0.39, 0.29) is 0 Å². The van der Waals surface area contributed by atoms with Crippen LogP contribution in [0.25, 0.3) is 0 Å². The van der Waals surface area contributed by atoms with Crippen molar-refractivity contribution in [3.63, 3.8) is 0 Å². The molecular weight excluding hydrogens is 137 g/mol. The first-order chi connectivity index (χ1) is 4.31. The van der Waals surface area contributed by atoms with E-state index in [1.54, 1.807) is 6.07 Å². The second-order valence-electron chi connectivity index (χ2n) is 1.16. The highest BCUT2D eigenvalue weighted by molar-refractivity contribution is 7.79. The van der Waals surface area contributed by atoms with Crippen molar-refractivity contribution in [1.82, 2.24) is 0 Å². The highest BCUT2D eigenvalue weighted by Crippen LogP contribution is 1.90. The average Bonchev–Trinajstić information content (AvgIpc) is 1.89. The molecule has 0 heterocycles. The molecule has 0 saturated heterocycles. The van der Waals surface area contributed by atoms with Gasteiger partial charge in [-0.15, -0.1) is 0 Å². The van der Waals surface area contributed by atoms with Gasteiger partial charge in [0.15, 0.2) is 0 Å². The zero-order valence-electron chi connectivity index (χ0n) is 4.54. The summed E-state index contributed by atoms with van der Waals surface area (Å²) in [6, 6.07) is 1.71. The van der Waals surface area contributed by atoms with Crippen molar-refractivity contribution in [3.8, 4) is 6.07 Å². The average molecular weight is 141 g/mol. The zero-order chi connectivity index (χ0) is 7.11. The van der Waals surface area contributed by atoms with Crippen LogP contribution < -0.4 is 0 Å². The van der Waals surface area contributed by atoms with Crippen molar-refractivity contribution in [3.05, 3.63) is 24.1 Å². The third-order valence-corrected chi connectivity index (χ3v) is 0.764. The lowest BCUT2D eigenvalue weighted by Crippen LogP contribution is -1.65. The molecule has 0 N–H and O–H groups in total. The lowest BCUT2D eigenvalue weighted by Gasteiger charge is -1.74. The molecule has 0 amide bonds. The Bertz CT molecular complexity index is 188. The molecule has 3 heteroatoms. The van der Waals surface area contributed by atoms with Crippen LogP contribution in [0, 0.1) is 11.3 Å². The van der Waals surface area contributed by atoms with E-state index in [2.05, 4.69) is 12.2 Å². The van der Waals surface area contributed by atoms with Crippen molar-refractivity contribution in [2.75, 3.05) is 0 Å². The third kappa shape index (κ3) is 4.85. The molecule has 0 spiro atoms. The van der Waals surface area contributed by atoms with Gasteiger partial charge in [-0.3, -0.25) is 0 Å². The number of rotatable bonds is 2. The molecule has 46 valence electrons. The lowest BCUT2D eigenvalue weighted by molar-refractivity contribution is 0.689. The zero-order valence-corrected chi connectivity index (χ0v) is 5.36. The van der Waals surface area contributed by atoms with Crippen LogP contribution in [0.15, 0.2) is 24.1 Å².